The normalized spacial score (nSPS) is 15.5. The molecular formula is C18H22N9O+. The maximum absolute atomic E-state index is 11.8. The Hall–Kier alpha value is -3.48. The number of carbonyl (C=O) groups excluding carboxylic acids is 1. The van der Waals surface area contributed by atoms with Crippen molar-refractivity contribution in [3.8, 4) is 6.07 Å². The summed E-state index contributed by atoms with van der Waals surface area (Å²) in [4.78, 5) is 28.3. The zero-order valence-corrected chi connectivity index (χ0v) is 16.0. The second-order valence-electron chi connectivity index (χ2n) is 6.98. The maximum Gasteiger partial charge on any atom is 0.440 e. The lowest BCUT2D eigenvalue weighted by Gasteiger charge is -2.08. The number of aromatic amines is 1. The molecule has 28 heavy (non-hydrogen) atoms. The molecule has 0 radical (unpaired) electrons. The van der Waals surface area contributed by atoms with Crippen molar-refractivity contribution in [2.45, 2.75) is 32.7 Å². The summed E-state index contributed by atoms with van der Waals surface area (Å²) in [5.74, 6) is 2.17. The van der Waals surface area contributed by atoms with Crippen LogP contribution in [0.25, 0.3) is 15.9 Å². The highest BCUT2D eigenvalue weighted by molar-refractivity contribution is 5.89. The van der Waals surface area contributed by atoms with E-state index >= 15 is 0 Å². The topological polar surface area (TPSA) is 118 Å². The van der Waals surface area contributed by atoms with Crippen LogP contribution in [-0.2, 0) is 4.79 Å². The molecule has 0 saturated heterocycles. The molecule has 4 rings (SSSR count). The van der Waals surface area contributed by atoms with E-state index in [4.69, 9.17) is 0 Å². The van der Waals surface area contributed by atoms with Crippen molar-refractivity contribution in [1.29, 1.82) is 0 Å². The van der Waals surface area contributed by atoms with E-state index in [-0.39, 0.29) is 5.91 Å². The van der Waals surface area contributed by atoms with Gasteiger partial charge < -0.3 is 10.3 Å². The molecule has 3 aromatic heterocycles. The van der Waals surface area contributed by atoms with Crippen LogP contribution in [0.4, 0.5) is 17.6 Å². The lowest BCUT2D eigenvalue weighted by atomic mass is 10.1. The van der Waals surface area contributed by atoms with E-state index in [9.17, 15) is 4.79 Å². The molecule has 3 heterocycles. The summed E-state index contributed by atoms with van der Waals surface area (Å²) in [7, 11) is 1.58. The number of nitrogens with one attached hydrogen (secondary N) is 3. The zero-order valence-electron chi connectivity index (χ0n) is 16.0. The first-order valence-corrected chi connectivity index (χ1v) is 9.27. The van der Waals surface area contributed by atoms with Gasteiger partial charge in [-0.1, -0.05) is 5.21 Å². The van der Waals surface area contributed by atoms with Gasteiger partial charge in [0.05, 0.1) is 12.1 Å². The largest absolute Gasteiger partial charge is 0.440 e. The van der Waals surface area contributed by atoms with E-state index < -0.39 is 6.04 Å². The molecule has 0 aromatic carbocycles. The number of aromatic nitrogens is 6. The highest BCUT2D eigenvalue weighted by Crippen LogP contribution is 2.36. The lowest BCUT2D eigenvalue weighted by Crippen LogP contribution is -2.28. The number of H-pyrrole nitrogens is 1. The summed E-state index contributed by atoms with van der Waals surface area (Å²) < 4.78 is 1.47. The number of rotatable bonds is 5. The van der Waals surface area contributed by atoms with Gasteiger partial charge in [0.25, 0.3) is 0 Å². The number of hydrogen-bond acceptors (Lipinski definition) is 6. The molecule has 1 fully saturated rings. The van der Waals surface area contributed by atoms with Gasteiger partial charge in [0.1, 0.15) is 11.4 Å². The second kappa shape index (κ2) is 7.26. The van der Waals surface area contributed by atoms with E-state index in [1.165, 1.54) is 17.5 Å². The van der Waals surface area contributed by atoms with Crippen molar-refractivity contribution in [2.24, 2.45) is 11.8 Å². The van der Waals surface area contributed by atoms with Gasteiger partial charge in [0, 0.05) is 18.2 Å². The smallest absolute Gasteiger partial charge is 0.357 e. The fourth-order valence-electron chi connectivity index (χ4n) is 2.90. The average Bonchev–Trinajstić information content (AvgIpc) is 3.27. The van der Waals surface area contributed by atoms with Crippen LogP contribution < -0.4 is 10.6 Å². The molecular weight excluding hydrogens is 358 g/mol. The Bertz CT molecular complexity index is 1070. The fraction of sp³-hybridized carbons (Fsp3) is 0.444. The minimum Gasteiger partial charge on any atom is -0.357 e. The predicted molar refractivity (Wildman–Crippen MR) is 105 cm³/mol. The van der Waals surface area contributed by atoms with Gasteiger partial charge in [-0.15, -0.1) is 5.10 Å². The van der Waals surface area contributed by atoms with Gasteiger partial charge >= 0.3 is 11.8 Å². The van der Waals surface area contributed by atoms with E-state index in [1.54, 1.807) is 26.4 Å². The quantitative estimate of drug-likeness (QED) is 0.626. The highest BCUT2D eigenvalue weighted by Gasteiger charge is 2.29. The van der Waals surface area contributed by atoms with Crippen molar-refractivity contribution in [3.05, 3.63) is 23.3 Å². The summed E-state index contributed by atoms with van der Waals surface area (Å²) in [6.45, 7) is 3.87. The molecule has 2 atom stereocenters. The minimum atomic E-state index is -0.474. The van der Waals surface area contributed by atoms with E-state index in [2.05, 4.69) is 53.7 Å². The number of fused-ring (bicyclic) bond motifs is 1. The summed E-state index contributed by atoms with van der Waals surface area (Å²) >= 11 is 0. The van der Waals surface area contributed by atoms with E-state index in [1.807, 2.05) is 6.07 Å². The first-order valence-electron chi connectivity index (χ1n) is 9.27. The Morgan fingerprint density at radius 2 is 2.21 bits per heavy atom. The van der Waals surface area contributed by atoms with Crippen molar-refractivity contribution >= 4 is 34.5 Å². The molecule has 3 aromatic rings. The standard InChI is InChI=1S/C18H21N9O/c1-10(12-4-5-12)8-21-16-13-6-7-20-15(13)23-18(24-16)22-14-9-27(26-25-14)11(2)17(28)19-3/h6-7,9-12H,4-5H2,1-3H3,(H2-,19,20,22,23,24,25,26,28)/p+1. The number of carbonyl (C=O) groups is 1. The Labute approximate surface area is 161 Å². The fourth-order valence-corrected chi connectivity index (χ4v) is 2.90. The van der Waals surface area contributed by atoms with Crippen LogP contribution in [0.5, 0.6) is 0 Å². The van der Waals surface area contributed by atoms with E-state index in [0.717, 1.165) is 5.39 Å². The summed E-state index contributed by atoms with van der Waals surface area (Å²) in [5, 5.41) is 14.5. The summed E-state index contributed by atoms with van der Waals surface area (Å²) in [6, 6.07) is 4.61. The number of amides is 1. The number of nitrogens with zero attached hydrogens (tertiary/aromatic N) is 6. The molecule has 1 aliphatic rings. The van der Waals surface area contributed by atoms with Crippen molar-refractivity contribution in [2.75, 3.05) is 12.4 Å². The Morgan fingerprint density at radius 3 is 2.96 bits per heavy atom. The van der Waals surface area contributed by atoms with Gasteiger partial charge in [-0.3, -0.25) is 10.1 Å². The van der Waals surface area contributed by atoms with Crippen molar-refractivity contribution in [3.63, 3.8) is 0 Å². The molecule has 0 aliphatic heterocycles. The molecule has 10 nitrogen and oxygen atoms in total. The molecule has 3 N–H and O–H groups in total. The lowest BCUT2D eigenvalue weighted by molar-refractivity contribution is -0.123. The summed E-state index contributed by atoms with van der Waals surface area (Å²) in [6.07, 6.45) is 5.91. The molecule has 10 heteroatoms. The molecule has 1 amide bonds. The van der Waals surface area contributed by atoms with Crippen LogP contribution in [0.2, 0.25) is 0 Å². The Morgan fingerprint density at radius 1 is 1.39 bits per heavy atom. The third-order valence-corrected chi connectivity index (χ3v) is 4.87. The Kier molecular flexibility index (Phi) is 4.65. The van der Waals surface area contributed by atoms with Crippen molar-refractivity contribution < 1.29 is 4.79 Å². The number of likely N-dealkylation sites (N-methyl/N-ethyl adjacent to an activating group) is 1. The van der Waals surface area contributed by atoms with Gasteiger partial charge in [-0.2, -0.15) is 9.83 Å². The maximum atomic E-state index is 11.8. The summed E-state index contributed by atoms with van der Waals surface area (Å²) in [5.41, 5.74) is 0.670. The van der Waals surface area contributed by atoms with Gasteiger partial charge in [0.15, 0.2) is 17.5 Å². The van der Waals surface area contributed by atoms with Crippen molar-refractivity contribution in [1.82, 2.24) is 35.3 Å². The van der Waals surface area contributed by atoms with E-state index in [0.29, 0.717) is 35.1 Å². The first kappa shape index (κ1) is 17.9. The van der Waals surface area contributed by atoms with Crippen LogP contribution in [0, 0.1) is 17.9 Å². The molecule has 0 spiro atoms. The van der Waals surface area contributed by atoms with Crippen LogP contribution in [0.3, 0.4) is 0 Å². The monoisotopic (exact) mass is 380 g/mol. The van der Waals surface area contributed by atoms with Crippen LogP contribution in [-0.4, -0.2) is 42.9 Å². The third kappa shape index (κ3) is 3.64. The van der Waals surface area contributed by atoms with Crippen LogP contribution >= 0.6 is 0 Å². The zero-order chi connectivity index (χ0) is 19.7. The molecule has 1 saturated carbocycles. The second-order valence-corrected chi connectivity index (χ2v) is 6.98. The SMILES string of the molecule is CNC(=O)C(C)n1cc(Nc2nc([N+]#CC(C)C3CC3)c3cc[nH]c3n2)nn1. The third-order valence-electron chi connectivity index (χ3n) is 4.87. The van der Waals surface area contributed by atoms with Crippen LogP contribution in [0.15, 0.2) is 18.5 Å². The van der Waals surface area contributed by atoms with Gasteiger partial charge in [-0.05, 0) is 38.7 Å². The molecule has 2 unspecified atom stereocenters. The Balaban J connectivity index is 1.59. The molecule has 144 valence electrons. The number of anilines is 2. The van der Waals surface area contributed by atoms with Crippen LogP contribution in [0.1, 0.15) is 32.7 Å². The van der Waals surface area contributed by atoms with Gasteiger partial charge in [-0.25, -0.2) is 4.68 Å². The molecule has 1 aliphatic carbocycles. The average molecular weight is 380 g/mol. The minimum absolute atomic E-state index is 0.155. The highest BCUT2D eigenvalue weighted by atomic mass is 16.2. The first-order chi connectivity index (χ1) is 13.5. The number of hydrogen-bond donors (Lipinski definition) is 3. The van der Waals surface area contributed by atoms with Gasteiger partial charge in [0.2, 0.25) is 5.91 Å². The molecule has 0 bridgehead atoms. The predicted octanol–water partition coefficient (Wildman–Crippen LogP) is 2.61.